The molecular formula is C25H34N6O7S. The summed E-state index contributed by atoms with van der Waals surface area (Å²) in [4.78, 5) is 68.5. The molecule has 13 nitrogen and oxygen atoms in total. The molecule has 1 aromatic carbocycles. The van der Waals surface area contributed by atoms with Gasteiger partial charge in [0.15, 0.2) is 0 Å². The average Bonchev–Trinajstić information content (AvgIpc) is 3.42. The van der Waals surface area contributed by atoms with Crippen LogP contribution in [0.2, 0.25) is 0 Å². The molecule has 0 saturated carbocycles. The van der Waals surface area contributed by atoms with E-state index in [-0.39, 0.29) is 19.3 Å². The second kappa shape index (κ2) is 16.1. The van der Waals surface area contributed by atoms with E-state index in [9.17, 15) is 29.1 Å². The van der Waals surface area contributed by atoms with Crippen LogP contribution in [0.4, 0.5) is 0 Å². The average molecular weight is 563 g/mol. The fourth-order valence-electron chi connectivity index (χ4n) is 3.61. The zero-order chi connectivity index (χ0) is 28.8. The van der Waals surface area contributed by atoms with Gasteiger partial charge in [0.2, 0.25) is 17.7 Å². The monoisotopic (exact) mass is 562 g/mol. The van der Waals surface area contributed by atoms with Gasteiger partial charge >= 0.3 is 11.9 Å². The Balaban J connectivity index is 2.24. The third-order valence-corrected chi connectivity index (χ3v) is 6.40. The SMILES string of the molecule is CSCCC(N)C(=O)NC(Cc1ccccc1)C(=O)NC(Cc1cnc[nH]1)C(=O)NC(CCC(=O)O)C(=O)O. The predicted octanol–water partition coefficient (Wildman–Crippen LogP) is -0.321. The largest absolute Gasteiger partial charge is 0.481 e. The summed E-state index contributed by atoms with van der Waals surface area (Å²) in [6.07, 6.45) is 4.35. The maximum Gasteiger partial charge on any atom is 0.326 e. The second-order valence-corrected chi connectivity index (χ2v) is 9.80. The third-order valence-electron chi connectivity index (χ3n) is 5.76. The predicted molar refractivity (Wildman–Crippen MR) is 144 cm³/mol. The number of H-pyrrole nitrogens is 1. The van der Waals surface area contributed by atoms with Crippen LogP contribution in [-0.2, 0) is 36.8 Å². The highest BCUT2D eigenvalue weighted by Crippen LogP contribution is 2.08. The van der Waals surface area contributed by atoms with E-state index in [2.05, 4.69) is 25.9 Å². The van der Waals surface area contributed by atoms with Crippen LogP contribution in [0.15, 0.2) is 42.9 Å². The van der Waals surface area contributed by atoms with Crippen LogP contribution < -0.4 is 21.7 Å². The van der Waals surface area contributed by atoms with E-state index in [4.69, 9.17) is 10.8 Å². The van der Waals surface area contributed by atoms with Crippen molar-refractivity contribution in [1.29, 1.82) is 0 Å². The Morgan fingerprint density at radius 1 is 0.923 bits per heavy atom. The Kier molecular flexibility index (Phi) is 13.0. The molecule has 4 atom stereocenters. The van der Waals surface area contributed by atoms with Crippen molar-refractivity contribution in [2.24, 2.45) is 5.73 Å². The lowest BCUT2D eigenvalue weighted by molar-refractivity contribution is -0.143. The van der Waals surface area contributed by atoms with E-state index in [0.29, 0.717) is 17.9 Å². The zero-order valence-electron chi connectivity index (χ0n) is 21.5. The summed E-state index contributed by atoms with van der Waals surface area (Å²) in [6.45, 7) is 0. The first-order chi connectivity index (χ1) is 18.6. The minimum Gasteiger partial charge on any atom is -0.481 e. The highest BCUT2D eigenvalue weighted by molar-refractivity contribution is 7.98. The van der Waals surface area contributed by atoms with Crippen LogP contribution in [0.1, 0.15) is 30.5 Å². The third kappa shape index (κ3) is 11.2. The minimum absolute atomic E-state index is 0.0674. The molecule has 2 rings (SSSR count). The number of hydrogen-bond acceptors (Lipinski definition) is 8. The number of hydrogen-bond donors (Lipinski definition) is 7. The first-order valence-electron chi connectivity index (χ1n) is 12.2. The summed E-state index contributed by atoms with van der Waals surface area (Å²) in [6, 6.07) is 4.29. The molecule has 3 amide bonds. The van der Waals surface area contributed by atoms with E-state index >= 15 is 0 Å². The van der Waals surface area contributed by atoms with Crippen LogP contribution >= 0.6 is 11.8 Å². The molecule has 0 radical (unpaired) electrons. The van der Waals surface area contributed by atoms with E-state index in [1.54, 1.807) is 24.3 Å². The summed E-state index contributed by atoms with van der Waals surface area (Å²) < 4.78 is 0. The van der Waals surface area contributed by atoms with Crippen LogP contribution in [0.25, 0.3) is 0 Å². The number of nitrogens with zero attached hydrogens (tertiary/aromatic N) is 1. The molecule has 39 heavy (non-hydrogen) atoms. The number of carbonyl (C=O) groups is 5. The standard InChI is InChI=1S/C25H34N6O7S/c1-39-10-9-17(26)22(34)30-19(11-15-5-3-2-4-6-15)23(35)31-20(12-16-13-27-14-28-16)24(36)29-18(25(37)38)7-8-21(32)33/h2-6,13-14,17-20H,7-12,26H2,1H3,(H,27,28)(H,29,36)(H,30,34)(H,31,35)(H,32,33)(H,37,38). The fourth-order valence-corrected chi connectivity index (χ4v) is 4.10. The molecule has 1 heterocycles. The number of rotatable bonds is 17. The summed E-state index contributed by atoms with van der Waals surface area (Å²) in [5, 5.41) is 25.9. The van der Waals surface area contributed by atoms with E-state index in [1.165, 1.54) is 24.3 Å². The van der Waals surface area contributed by atoms with Gasteiger partial charge in [-0.2, -0.15) is 11.8 Å². The van der Waals surface area contributed by atoms with Crippen LogP contribution in [-0.4, -0.2) is 86.0 Å². The first-order valence-corrected chi connectivity index (χ1v) is 13.6. The van der Waals surface area contributed by atoms with Crippen LogP contribution in [0.5, 0.6) is 0 Å². The molecule has 2 aromatic rings. The molecule has 1 aromatic heterocycles. The number of nitrogens with one attached hydrogen (secondary N) is 4. The van der Waals surface area contributed by atoms with Gasteiger partial charge in [-0.3, -0.25) is 19.2 Å². The minimum atomic E-state index is -1.48. The quantitative estimate of drug-likeness (QED) is 0.133. The van der Waals surface area contributed by atoms with Gasteiger partial charge in [-0.05, 0) is 30.4 Å². The second-order valence-electron chi connectivity index (χ2n) is 8.81. The molecule has 8 N–H and O–H groups in total. The maximum atomic E-state index is 13.4. The Labute approximate surface area is 229 Å². The smallest absolute Gasteiger partial charge is 0.326 e. The van der Waals surface area contributed by atoms with Gasteiger partial charge in [-0.1, -0.05) is 30.3 Å². The number of aromatic amines is 1. The lowest BCUT2D eigenvalue weighted by Gasteiger charge is -2.25. The normalized spacial score (nSPS) is 13.9. The van der Waals surface area contributed by atoms with Crippen LogP contribution in [0.3, 0.4) is 0 Å². The molecule has 0 aliphatic rings. The molecule has 0 bridgehead atoms. The van der Waals surface area contributed by atoms with Gasteiger partial charge in [0.05, 0.1) is 12.4 Å². The van der Waals surface area contributed by atoms with E-state index in [0.717, 1.165) is 5.56 Å². The van der Waals surface area contributed by atoms with Gasteiger partial charge in [0.1, 0.15) is 18.1 Å². The summed E-state index contributed by atoms with van der Waals surface area (Å²) >= 11 is 1.53. The number of aromatic nitrogens is 2. The number of carboxylic acid groups (broad SMARTS) is 2. The summed E-state index contributed by atoms with van der Waals surface area (Å²) in [5.74, 6) is -4.01. The van der Waals surface area contributed by atoms with Gasteiger partial charge in [-0.25, -0.2) is 9.78 Å². The molecule has 212 valence electrons. The number of amides is 3. The fraction of sp³-hybridized carbons (Fsp3) is 0.440. The number of carbonyl (C=O) groups excluding carboxylic acids is 3. The van der Waals surface area contributed by atoms with Crippen molar-refractivity contribution in [2.75, 3.05) is 12.0 Å². The van der Waals surface area contributed by atoms with Crippen molar-refractivity contribution in [2.45, 2.75) is 56.3 Å². The molecule has 0 saturated heterocycles. The molecule has 0 aliphatic heterocycles. The van der Waals surface area contributed by atoms with Gasteiger partial charge in [0, 0.05) is 31.2 Å². The van der Waals surface area contributed by atoms with Crippen molar-refractivity contribution in [1.82, 2.24) is 25.9 Å². The molecule has 14 heteroatoms. The van der Waals surface area contributed by atoms with Crippen molar-refractivity contribution in [3.63, 3.8) is 0 Å². The van der Waals surface area contributed by atoms with E-state index in [1.807, 2.05) is 12.3 Å². The van der Waals surface area contributed by atoms with Crippen molar-refractivity contribution >= 4 is 41.4 Å². The van der Waals surface area contributed by atoms with Gasteiger partial charge in [-0.15, -0.1) is 0 Å². The lowest BCUT2D eigenvalue weighted by atomic mass is 10.0. The molecule has 0 fully saturated rings. The number of nitrogens with two attached hydrogens (primary N) is 1. The zero-order valence-corrected chi connectivity index (χ0v) is 22.3. The summed E-state index contributed by atoms with van der Waals surface area (Å²) in [7, 11) is 0. The maximum absolute atomic E-state index is 13.4. The Hall–Kier alpha value is -3.91. The topological polar surface area (TPSA) is 217 Å². The molecular weight excluding hydrogens is 528 g/mol. The summed E-state index contributed by atoms with van der Waals surface area (Å²) in [5.41, 5.74) is 7.22. The van der Waals surface area contributed by atoms with Crippen molar-refractivity contribution < 1.29 is 34.2 Å². The van der Waals surface area contributed by atoms with Crippen molar-refractivity contribution in [3.05, 3.63) is 54.1 Å². The molecule has 4 unspecified atom stereocenters. The first kappa shape index (κ1) is 31.3. The Morgan fingerprint density at radius 3 is 2.10 bits per heavy atom. The Bertz CT molecular complexity index is 1100. The van der Waals surface area contributed by atoms with E-state index < -0.39 is 60.2 Å². The lowest BCUT2D eigenvalue weighted by Crippen LogP contribution is -2.58. The highest BCUT2D eigenvalue weighted by atomic mass is 32.2. The number of benzene rings is 1. The number of thioether (sulfide) groups is 1. The van der Waals surface area contributed by atoms with Crippen molar-refractivity contribution in [3.8, 4) is 0 Å². The Morgan fingerprint density at radius 2 is 1.54 bits per heavy atom. The number of imidazole rings is 1. The van der Waals surface area contributed by atoms with Gasteiger partial charge < -0.3 is 36.9 Å². The highest BCUT2D eigenvalue weighted by Gasteiger charge is 2.31. The van der Waals surface area contributed by atoms with Gasteiger partial charge in [0.25, 0.3) is 0 Å². The molecule has 0 spiro atoms. The number of carboxylic acids is 2. The molecule has 0 aliphatic carbocycles. The van der Waals surface area contributed by atoms with Crippen LogP contribution in [0, 0.1) is 0 Å². The number of aliphatic carboxylic acids is 2.